The molecular formula is C13H19ClN2O. The first-order chi connectivity index (χ1) is 8.27. The molecule has 2 unspecified atom stereocenters. The molecule has 1 aliphatic heterocycles. The van der Waals surface area contributed by atoms with Gasteiger partial charge in [-0.1, -0.05) is 6.92 Å². The van der Waals surface area contributed by atoms with E-state index in [0.717, 1.165) is 18.1 Å². The smallest absolute Gasteiger partial charge is 0.171 e. The largest absolute Gasteiger partial charge is 0.490 e. The highest BCUT2D eigenvalue weighted by molar-refractivity contribution is 6.18. The molecule has 0 radical (unpaired) electrons. The maximum atomic E-state index is 6.07. The molecule has 0 aliphatic carbocycles. The van der Waals surface area contributed by atoms with Gasteiger partial charge in [0.1, 0.15) is 0 Å². The van der Waals surface area contributed by atoms with Gasteiger partial charge < -0.3 is 9.64 Å². The Bertz CT molecular complexity index is 372. The van der Waals surface area contributed by atoms with E-state index in [9.17, 15) is 0 Å². The van der Waals surface area contributed by atoms with Gasteiger partial charge in [-0.2, -0.15) is 0 Å². The molecule has 4 heteroatoms. The molecule has 0 saturated carbocycles. The predicted molar refractivity (Wildman–Crippen MR) is 71.0 cm³/mol. The van der Waals surface area contributed by atoms with Crippen LogP contribution in [0.2, 0.25) is 0 Å². The normalized spacial score (nSPS) is 24.1. The third kappa shape index (κ3) is 2.49. The number of anilines is 1. The van der Waals surface area contributed by atoms with Gasteiger partial charge in [0.05, 0.1) is 6.61 Å². The fourth-order valence-electron chi connectivity index (χ4n) is 2.37. The van der Waals surface area contributed by atoms with Gasteiger partial charge in [-0.25, -0.2) is 4.98 Å². The maximum Gasteiger partial charge on any atom is 0.171 e. The van der Waals surface area contributed by atoms with Gasteiger partial charge >= 0.3 is 0 Å². The Balaban J connectivity index is 2.27. The monoisotopic (exact) mass is 254 g/mol. The van der Waals surface area contributed by atoms with Crippen molar-refractivity contribution in [1.29, 1.82) is 0 Å². The predicted octanol–water partition coefficient (Wildman–Crippen LogP) is 2.93. The van der Waals surface area contributed by atoms with E-state index in [1.807, 2.05) is 25.3 Å². The highest BCUT2D eigenvalue weighted by Gasteiger charge is 2.32. The summed E-state index contributed by atoms with van der Waals surface area (Å²) < 4.78 is 5.63. The molecule has 0 bridgehead atoms. The van der Waals surface area contributed by atoms with Crippen LogP contribution in [0.3, 0.4) is 0 Å². The Morgan fingerprint density at radius 2 is 2.41 bits per heavy atom. The molecule has 2 rings (SSSR count). The summed E-state index contributed by atoms with van der Waals surface area (Å²) >= 11 is 6.07. The molecule has 1 aromatic heterocycles. The van der Waals surface area contributed by atoms with E-state index in [-0.39, 0.29) is 0 Å². The first-order valence-corrected chi connectivity index (χ1v) is 6.71. The topological polar surface area (TPSA) is 25.4 Å². The molecule has 0 aromatic carbocycles. The van der Waals surface area contributed by atoms with E-state index >= 15 is 0 Å². The molecule has 2 heterocycles. The fraction of sp³-hybridized carbons (Fsp3) is 0.615. The number of alkyl halides is 1. The van der Waals surface area contributed by atoms with Crippen molar-refractivity contribution in [2.24, 2.45) is 5.92 Å². The van der Waals surface area contributed by atoms with E-state index < -0.39 is 0 Å². The van der Waals surface area contributed by atoms with Crippen molar-refractivity contribution in [3.05, 3.63) is 18.3 Å². The molecule has 94 valence electrons. The number of aromatic nitrogens is 1. The Labute approximate surface area is 108 Å². The van der Waals surface area contributed by atoms with E-state index in [1.165, 1.54) is 6.42 Å². The van der Waals surface area contributed by atoms with Crippen LogP contribution in [0, 0.1) is 5.92 Å². The summed E-state index contributed by atoms with van der Waals surface area (Å²) in [6.07, 6.45) is 2.98. The molecule has 1 aromatic rings. The summed E-state index contributed by atoms with van der Waals surface area (Å²) in [5.41, 5.74) is 0. The van der Waals surface area contributed by atoms with Gasteiger partial charge in [0.15, 0.2) is 11.6 Å². The average molecular weight is 255 g/mol. The van der Waals surface area contributed by atoms with Crippen LogP contribution in [0.5, 0.6) is 5.75 Å². The summed E-state index contributed by atoms with van der Waals surface area (Å²) in [7, 11) is 0. The summed E-state index contributed by atoms with van der Waals surface area (Å²) in [6.45, 7) is 5.90. The second-order valence-electron chi connectivity index (χ2n) is 4.44. The maximum absolute atomic E-state index is 6.07. The summed E-state index contributed by atoms with van der Waals surface area (Å²) in [6, 6.07) is 4.25. The van der Waals surface area contributed by atoms with Crippen LogP contribution in [0.15, 0.2) is 18.3 Å². The van der Waals surface area contributed by atoms with Crippen molar-refractivity contribution in [2.45, 2.75) is 26.3 Å². The minimum atomic E-state index is 0.366. The van der Waals surface area contributed by atoms with Crippen LogP contribution in [0.1, 0.15) is 20.3 Å². The van der Waals surface area contributed by atoms with E-state index in [0.29, 0.717) is 24.4 Å². The van der Waals surface area contributed by atoms with Crippen molar-refractivity contribution in [1.82, 2.24) is 4.98 Å². The Morgan fingerprint density at radius 3 is 3.12 bits per heavy atom. The van der Waals surface area contributed by atoms with Crippen molar-refractivity contribution >= 4 is 17.4 Å². The minimum absolute atomic E-state index is 0.366. The fourth-order valence-corrected chi connectivity index (χ4v) is 2.84. The number of halogens is 1. The van der Waals surface area contributed by atoms with Gasteiger partial charge in [-0.15, -0.1) is 11.6 Å². The lowest BCUT2D eigenvalue weighted by Gasteiger charge is -2.27. The third-order valence-electron chi connectivity index (χ3n) is 3.36. The zero-order valence-electron chi connectivity index (χ0n) is 10.4. The second kappa shape index (κ2) is 5.58. The molecule has 3 nitrogen and oxygen atoms in total. The highest BCUT2D eigenvalue weighted by atomic mass is 35.5. The summed E-state index contributed by atoms with van der Waals surface area (Å²) in [4.78, 5) is 6.73. The molecule has 0 amide bonds. The molecule has 1 saturated heterocycles. The third-order valence-corrected chi connectivity index (χ3v) is 3.68. The number of hydrogen-bond acceptors (Lipinski definition) is 3. The lowest BCUT2D eigenvalue weighted by Crippen LogP contribution is -2.34. The molecular weight excluding hydrogens is 236 g/mol. The lowest BCUT2D eigenvalue weighted by atomic mass is 10.1. The number of rotatable bonds is 4. The van der Waals surface area contributed by atoms with E-state index in [4.69, 9.17) is 16.3 Å². The highest BCUT2D eigenvalue weighted by Crippen LogP contribution is 2.34. The van der Waals surface area contributed by atoms with Crippen molar-refractivity contribution in [3.63, 3.8) is 0 Å². The van der Waals surface area contributed by atoms with Crippen molar-refractivity contribution < 1.29 is 4.74 Å². The summed E-state index contributed by atoms with van der Waals surface area (Å²) in [5, 5.41) is 0. The van der Waals surface area contributed by atoms with Gasteiger partial charge in [0.2, 0.25) is 0 Å². The second-order valence-corrected chi connectivity index (χ2v) is 4.75. The quantitative estimate of drug-likeness (QED) is 0.773. The summed E-state index contributed by atoms with van der Waals surface area (Å²) in [5.74, 6) is 3.05. The van der Waals surface area contributed by atoms with Crippen LogP contribution < -0.4 is 9.64 Å². The van der Waals surface area contributed by atoms with Crippen LogP contribution >= 0.6 is 11.6 Å². The molecule has 2 atom stereocenters. The Kier molecular flexibility index (Phi) is 4.11. The number of ether oxygens (including phenoxy) is 1. The first kappa shape index (κ1) is 12.5. The molecule has 1 fully saturated rings. The van der Waals surface area contributed by atoms with Crippen molar-refractivity contribution in [2.75, 3.05) is 23.9 Å². The standard InChI is InChI=1S/C13H19ClN2O/c1-3-17-12-5-4-7-15-13(12)16-8-6-10(2)11(16)9-14/h4-5,7,10-11H,3,6,8-9H2,1-2H3. The van der Waals surface area contributed by atoms with Gasteiger partial charge in [0.25, 0.3) is 0 Å². The van der Waals surface area contributed by atoms with Gasteiger partial charge in [0, 0.05) is 24.7 Å². The molecule has 17 heavy (non-hydrogen) atoms. The molecule has 0 N–H and O–H groups in total. The number of nitrogens with zero attached hydrogens (tertiary/aromatic N) is 2. The van der Waals surface area contributed by atoms with E-state index in [2.05, 4.69) is 16.8 Å². The van der Waals surface area contributed by atoms with Gasteiger partial charge in [-0.3, -0.25) is 0 Å². The average Bonchev–Trinajstić information content (AvgIpc) is 2.71. The zero-order valence-corrected chi connectivity index (χ0v) is 11.2. The minimum Gasteiger partial charge on any atom is -0.490 e. The van der Waals surface area contributed by atoms with Crippen LogP contribution in [0.25, 0.3) is 0 Å². The molecule has 0 spiro atoms. The first-order valence-electron chi connectivity index (χ1n) is 6.18. The SMILES string of the molecule is CCOc1cccnc1N1CCC(C)C1CCl. The van der Waals surface area contributed by atoms with E-state index in [1.54, 1.807) is 0 Å². The van der Waals surface area contributed by atoms with Crippen molar-refractivity contribution in [3.8, 4) is 5.75 Å². The molecule has 1 aliphatic rings. The van der Waals surface area contributed by atoms with Crippen LogP contribution in [0.4, 0.5) is 5.82 Å². The van der Waals surface area contributed by atoms with Crippen LogP contribution in [-0.4, -0.2) is 30.1 Å². The number of pyridine rings is 1. The Morgan fingerprint density at radius 1 is 1.59 bits per heavy atom. The zero-order chi connectivity index (χ0) is 12.3. The Hall–Kier alpha value is -0.960. The number of hydrogen-bond donors (Lipinski definition) is 0. The van der Waals surface area contributed by atoms with Crippen LogP contribution in [-0.2, 0) is 0 Å². The lowest BCUT2D eigenvalue weighted by molar-refractivity contribution is 0.338. The van der Waals surface area contributed by atoms with Gasteiger partial charge in [-0.05, 0) is 31.4 Å².